The molecule has 0 aromatic heterocycles. The highest BCUT2D eigenvalue weighted by atomic mass is 16.6. The largest absolute Gasteiger partial charge is 0.259 e. The van der Waals surface area contributed by atoms with Crippen molar-refractivity contribution in [1.82, 2.24) is 0 Å². The fourth-order valence-electron chi connectivity index (χ4n) is 1.14. The first kappa shape index (κ1) is 10.7. The summed E-state index contributed by atoms with van der Waals surface area (Å²) in [6, 6.07) is 5.16. The van der Waals surface area contributed by atoms with Crippen molar-refractivity contribution in [3.8, 4) is 0 Å². The molecular weight excluding hydrogens is 196 g/mol. The van der Waals surface area contributed by atoms with Gasteiger partial charge in [0.05, 0.1) is 4.92 Å². The normalized spacial score (nSPS) is 9.93. The molecule has 76 valence electrons. The van der Waals surface area contributed by atoms with Gasteiger partial charge in [-0.25, -0.2) is 0 Å². The lowest BCUT2D eigenvalue weighted by Crippen LogP contribution is -1.84. The van der Waals surface area contributed by atoms with Gasteiger partial charge in [0, 0.05) is 16.7 Å². The molecule has 1 aromatic carbocycles. The molecule has 6 heteroatoms. The Kier molecular flexibility index (Phi) is 3.43. The van der Waals surface area contributed by atoms with Crippen LogP contribution < -0.4 is 0 Å². The van der Waals surface area contributed by atoms with E-state index >= 15 is 0 Å². The lowest BCUT2D eigenvalue weighted by molar-refractivity contribution is -0.400. The van der Waals surface area contributed by atoms with Crippen LogP contribution in [0, 0.1) is 17.0 Å². The zero-order valence-corrected chi connectivity index (χ0v) is 7.99. The molecule has 1 aromatic rings. The summed E-state index contributed by atoms with van der Waals surface area (Å²) in [5, 5.41) is 13.6. The van der Waals surface area contributed by atoms with Gasteiger partial charge in [0.1, 0.15) is 0 Å². The molecule has 15 heavy (non-hydrogen) atoms. The van der Waals surface area contributed by atoms with Gasteiger partial charge in [-0.15, -0.1) is 0 Å². The highest BCUT2D eigenvalue weighted by molar-refractivity contribution is 5.66. The van der Waals surface area contributed by atoms with E-state index in [1.165, 1.54) is 6.08 Å². The van der Waals surface area contributed by atoms with Crippen molar-refractivity contribution in [3.05, 3.63) is 56.1 Å². The van der Waals surface area contributed by atoms with Crippen LogP contribution in [0.1, 0.15) is 11.1 Å². The maximum atomic E-state index is 10.1. The third-order valence-corrected chi connectivity index (χ3v) is 1.79. The van der Waals surface area contributed by atoms with Crippen molar-refractivity contribution >= 4 is 11.8 Å². The molecule has 0 spiro atoms. The molecule has 0 aliphatic rings. The van der Waals surface area contributed by atoms with Crippen LogP contribution in [-0.2, 0) is 0 Å². The second-order valence-electron chi connectivity index (χ2n) is 2.80. The standard InChI is InChI=1S/C9H8N4O2/c1-7-3-2-4-8(5-6-13(14)15)9(7)11-12-10/h2-6H,1H3/b6-5+. The van der Waals surface area contributed by atoms with E-state index in [1.807, 2.05) is 0 Å². The fourth-order valence-corrected chi connectivity index (χ4v) is 1.14. The molecule has 0 bridgehead atoms. The van der Waals surface area contributed by atoms with Crippen molar-refractivity contribution in [2.75, 3.05) is 0 Å². The monoisotopic (exact) mass is 204 g/mol. The SMILES string of the molecule is Cc1cccc(/C=C/[N+](=O)[O-])c1N=[N+]=[N-]. The third-order valence-electron chi connectivity index (χ3n) is 1.79. The van der Waals surface area contributed by atoms with E-state index in [0.717, 1.165) is 11.8 Å². The number of hydrogen-bond donors (Lipinski definition) is 0. The second-order valence-corrected chi connectivity index (χ2v) is 2.80. The number of aryl methyl sites for hydroxylation is 1. The summed E-state index contributed by atoms with van der Waals surface area (Å²) in [5.74, 6) is 0. The number of rotatable bonds is 3. The molecule has 1 rings (SSSR count). The number of nitro groups is 1. The Bertz CT molecular complexity index is 461. The molecule has 6 nitrogen and oxygen atoms in total. The molecule has 0 heterocycles. The number of benzene rings is 1. The highest BCUT2D eigenvalue weighted by Gasteiger charge is 2.01. The van der Waals surface area contributed by atoms with Gasteiger partial charge in [-0.05, 0) is 23.6 Å². The average molecular weight is 204 g/mol. The summed E-state index contributed by atoms with van der Waals surface area (Å²) in [5.41, 5.74) is 10.1. The zero-order chi connectivity index (χ0) is 11.3. The zero-order valence-electron chi connectivity index (χ0n) is 7.99. The number of nitrogens with zero attached hydrogens (tertiary/aromatic N) is 4. The maximum Gasteiger partial charge on any atom is 0.235 e. The van der Waals surface area contributed by atoms with Gasteiger partial charge >= 0.3 is 0 Å². The summed E-state index contributed by atoms with van der Waals surface area (Å²) in [6.07, 6.45) is 2.11. The smallest absolute Gasteiger partial charge is 0.235 e. The van der Waals surface area contributed by atoms with Crippen LogP contribution in [0.2, 0.25) is 0 Å². The van der Waals surface area contributed by atoms with Crippen molar-refractivity contribution in [1.29, 1.82) is 0 Å². The third kappa shape index (κ3) is 2.82. The minimum atomic E-state index is -0.567. The molecule has 0 fully saturated rings. The first-order valence-corrected chi connectivity index (χ1v) is 4.11. The topological polar surface area (TPSA) is 91.9 Å². The molecule has 0 N–H and O–H groups in total. The van der Waals surface area contributed by atoms with Crippen molar-refractivity contribution in [2.24, 2.45) is 5.11 Å². The molecule has 0 aliphatic carbocycles. The van der Waals surface area contributed by atoms with E-state index in [4.69, 9.17) is 5.53 Å². The molecular formula is C9H8N4O2. The predicted molar refractivity (Wildman–Crippen MR) is 56.0 cm³/mol. The molecule has 0 atom stereocenters. The Hall–Kier alpha value is -2.33. The Morgan fingerprint density at radius 2 is 2.33 bits per heavy atom. The lowest BCUT2D eigenvalue weighted by Gasteiger charge is -2.01. The van der Waals surface area contributed by atoms with Gasteiger partial charge in [-0.2, -0.15) is 0 Å². The van der Waals surface area contributed by atoms with E-state index in [1.54, 1.807) is 25.1 Å². The van der Waals surface area contributed by atoms with Gasteiger partial charge < -0.3 is 0 Å². The summed E-state index contributed by atoms with van der Waals surface area (Å²) in [4.78, 5) is 12.3. The molecule has 0 unspecified atom stereocenters. The highest BCUT2D eigenvalue weighted by Crippen LogP contribution is 2.25. The summed E-state index contributed by atoms with van der Waals surface area (Å²) < 4.78 is 0. The summed E-state index contributed by atoms with van der Waals surface area (Å²) in [6.45, 7) is 1.77. The summed E-state index contributed by atoms with van der Waals surface area (Å²) >= 11 is 0. The van der Waals surface area contributed by atoms with E-state index in [0.29, 0.717) is 11.3 Å². The summed E-state index contributed by atoms with van der Waals surface area (Å²) in [7, 11) is 0. The van der Waals surface area contributed by atoms with E-state index in [9.17, 15) is 10.1 Å². The van der Waals surface area contributed by atoms with Crippen molar-refractivity contribution in [2.45, 2.75) is 6.92 Å². The van der Waals surface area contributed by atoms with Crippen LogP contribution in [0.3, 0.4) is 0 Å². The minimum Gasteiger partial charge on any atom is -0.259 e. The first-order chi connectivity index (χ1) is 7.15. The van der Waals surface area contributed by atoms with E-state index < -0.39 is 4.92 Å². The first-order valence-electron chi connectivity index (χ1n) is 4.11. The Labute approximate surface area is 85.6 Å². The average Bonchev–Trinajstić information content (AvgIpc) is 2.19. The van der Waals surface area contributed by atoms with Gasteiger partial charge in [0.25, 0.3) is 0 Å². The number of azide groups is 1. The Morgan fingerprint density at radius 1 is 1.60 bits per heavy atom. The van der Waals surface area contributed by atoms with Crippen LogP contribution in [0.25, 0.3) is 16.5 Å². The van der Waals surface area contributed by atoms with Crippen LogP contribution in [0.15, 0.2) is 29.5 Å². The molecule has 0 aliphatic heterocycles. The molecule has 0 radical (unpaired) electrons. The van der Waals surface area contributed by atoms with E-state index in [2.05, 4.69) is 10.0 Å². The predicted octanol–water partition coefficient (Wildman–Crippen LogP) is 3.18. The van der Waals surface area contributed by atoms with Crippen LogP contribution in [0.5, 0.6) is 0 Å². The van der Waals surface area contributed by atoms with Gasteiger partial charge in [-0.1, -0.05) is 23.3 Å². The van der Waals surface area contributed by atoms with Crippen LogP contribution in [-0.4, -0.2) is 4.92 Å². The van der Waals surface area contributed by atoms with Gasteiger partial charge in [0.2, 0.25) is 6.20 Å². The quantitative estimate of drug-likeness (QED) is 0.248. The molecule has 0 amide bonds. The van der Waals surface area contributed by atoms with Gasteiger partial charge in [0.15, 0.2) is 0 Å². The molecule has 0 saturated heterocycles. The van der Waals surface area contributed by atoms with E-state index in [-0.39, 0.29) is 0 Å². The molecule has 0 saturated carbocycles. The van der Waals surface area contributed by atoms with Gasteiger partial charge in [-0.3, -0.25) is 10.1 Å². The van der Waals surface area contributed by atoms with Crippen LogP contribution in [0.4, 0.5) is 5.69 Å². The minimum absolute atomic E-state index is 0.415. The van der Waals surface area contributed by atoms with Crippen molar-refractivity contribution in [3.63, 3.8) is 0 Å². The lowest BCUT2D eigenvalue weighted by atomic mass is 10.1. The Morgan fingerprint density at radius 3 is 2.93 bits per heavy atom. The van der Waals surface area contributed by atoms with Crippen LogP contribution >= 0.6 is 0 Å². The number of hydrogen-bond acceptors (Lipinski definition) is 3. The van der Waals surface area contributed by atoms with Crippen molar-refractivity contribution < 1.29 is 4.92 Å². The Balaban J connectivity index is 3.22. The fraction of sp³-hybridized carbons (Fsp3) is 0.111. The second kappa shape index (κ2) is 4.78. The maximum absolute atomic E-state index is 10.1.